The molecule has 0 aromatic heterocycles. The Hall–Kier alpha value is -1.15. The van der Waals surface area contributed by atoms with E-state index in [0.717, 1.165) is 44.3 Å². The van der Waals surface area contributed by atoms with Crippen LogP contribution in [0.3, 0.4) is 0 Å². The van der Waals surface area contributed by atoms with E-state index in [1.54, 1.807) is 0 Å². The molecule has 1 fully saturated rings. The second-order valence-electron chi connectivity index (χ2n) is 5.09. The van der Waals surface area contributed by atoms with E-state index >= 15 is 0 Å². The van der Waals surface area contributed by atoms with Gasteiger partial charge in [0.1, 0.15) is 0 Å². The maximum atomic E-state index is 12.6. The third-order valence-corrected chi connectivity index (χ3v) is 3.94. The SMILES string of the molecule is CCc1ccc(CC)c(C(=O)C2CCNCC2)c1. The molecule has 1 aliphatic rings. The average Bonchev–Trinajstić information content (AvgIpc) is 2.46. The summed E-state index contributed by atoms with van der Waals surface area (Å²) < 4.78 is 0. The van der Waals surface area contributed by atoms with Crippen molar-refractivity contribution in [3.8, 4) is 0 Å². The van der Waals surface area contributed by atoms with Gasteiger partial charge in [0, 0.05) is 11.5 Å². The summed E-state index contributed by atoms with van der Waals surface area (Å²) in [6, 6.07) is 6.40. The summed E-state index contributed by atoms with van der Waals surface area (Å²) in [7, 11) is 0. The third-order valence-electron chi connectivity index (χ3n) is 3.94. The molecule has 1 heterocycles. The molecule has 18 heavy (non-hydrogen) atoms. The molecule has 98 valence electrons. The Morgan fingerprint density at radius 2 is 1.94 bits per heavy atom. The lowest BCUT2D eigenvalue weighted by Gasteiger charge is -2.22. The fraction of sp³-hybridized carbons (Fsp3) is 0.562. The molecule has 2 nitrogen and oxygen atoms in total. The number of hydrogen-bond acceptors (Lipinski definition) is 2. The predicted molar refractivity (Wildman–Crippen MR) is 75.1 cm³/mol. The maximum Gasteiger partial charge on any atom is 0.166 e. The molecule has 2 rings (SSSR count). The normalized spacial score (nSPS) is 16.8. The van der Waals surface area contributed by atoms with Crippen molar-refractivity contribution < 1.29 is 4.79 Å². The Kier molecular flexibility index (Phi) is 4.54. The van der Waals surface area contributed by atoms with Gasteiger partial charge in [-0.1, -0.05) is 26.0 Å². The maximum absolute atomic E-state index is 12.6. The minimum absolute atomic E-state index is 0.226. The molecular weight excluding hydrogens is 222 g/mol. The van der Waals surface area contributed by atoms with E-state index in [-0.39, 0.29) is 5.92 Å². The van der Waals surface area contributed by atoms with Crippen molar-refractivity contribution in [1.29, 1.82) is 0 Å². The quantitative estimate of drug-likeness (QED) is 0.826. The second kappa shape index (κ2) is 6.14. The van der Waals surface area contributed by atoms with Crippen molar-refractivity contribution in [2.45, 2.75) is 39.5 Å². The van der Waals surface area contributed by atoms with E-state index in [0.29, 0.717) is 5.78 Å². The number of carbonyl (C=O) groups excluding carboxylic acids is 1. The van der Waals surface area contributed by atoms with Gasteiger partial charge in [-0.15, -0.1) is 0 Å². The van der Waals surface area contributed by atoms with Gasteiger partial charge in [-0.2, -0.15) is 0 Å². The van der Waals surface area contributed by atoms with Crippen LogP contribution < -0.4 is 5.32 Å². The number of hydrogen-bond donors (Lipinski definition) is 1. The molecule has 1 aromatic carbocycles. The van der Waals surface area contributed by atoms with Crippen LogP contribution in [0.25, 0.3) is 0 Å². The summed E-state index contributed by atoms with van der Waals surface area (Å²) in [6.45, 7) is 6.22. The number of carbonyl (C=O) groups is 1. The Bertz CT molecular complexity index is 419. The van der Waals surface area contributed by atoms with Gasteiger partial charge in [-0.3, -0.25) is 4.79 Å². The summed E-state index contributed by atoms with van der Waals surface area (Å²) in [5.41, 5.74) is 3.45. The average molecular weight is 245 g/mol. The highest BCUT2D eigenvalue weighted by Crippen LogP contribution is 2.22. The number of benzene rings is 1. The van der Waals surface area contributed by atoms with Crippen molar-refractivity contribution in [2.75, 3.05) is 13.1 Å². The smallest absolute Gasteiger partial charge is 0.166 e. The number of Topliss-reactive ketones (excluding diaryl/α,β-unsaturated/α-hetero) is 1. The third kappa shape index (κ3) is 2.81. The molecule has 0 unspecified atom stereocenters. The zero-order valence-electron chi connectivity index (χ0n) is 11.5. The molecule has 0 saturated carbocycles. The van der Waals surface area contributed by atoms with Crippen molar-refractivity contribution in [1.82, 2.24) is 5.32 Å². The summed E-state index contributed by atoms with van der Waals surface area (Å²) in [6.07, 6.45) is 3.91. The number of piperidine rings is 1. The molecule has 0 radical (unpaired) electrons. The summed E-state index contributed by atoms with van der Waals surface area (Å²) in [5.74, 6) is 0.590. The van der Waals surface area contributed by atoms with Crippen LogP contribution in [0.4, 0.5) is 0 Å². The predicted octanol–water partition coefficient (Wildman–Crippen LogP) is 2.99. The van der Waals surface area contributed by atoms with Crippen LogP contribution >= 0.6 is 0 Å². The largest absolute Gasteiger partial charge is 0.317 e. The molecule has 1 aliphatic heterocycles. The van der Waals surface area contributed by atoms with Crippen LogP contribution in [0.1, 0.15) is 48.2 Å². The molecule has 0 spiro atoms. The summed E-state index contributed by atoms with van der Waals surface area (Å²) in [4.78, 5) is 12.6. The first-order valence-electron chi connectivity index (χ1n) is 7.13. The van der Waals surface area contributed by atoms with Crippen LogP contribution in [-0.2, 0) is 12.8 Å². The standard InChI is InChI=1S/C16H23NO/c1-3-12-5-6-13(4-2)15(11-12)16(18)14-7-9-17-10-8-14/h5-6,11,14,17H,3-4,7-10H2,1-2H3. The van der Waals surface area contributed by atoms with E-state index in [4.69, 9.17) is 0 Å². The lowest BCUT2D eigenvalue weighted by molar-refractivity contribution is 0.0894. The first kappa shape index (κ1) is 13.3. The molecule has 1 N–H and O–H groups in total. The van der Waals surface area contributed by atoms with Crippen LogP contribution in [0.2, 0.25) is 0 Å². The van der Waals surface area contributed by atoms with Gasteiger partial charge >= 0.3 is 0 Å². The highest BCUT2D eigenvalue weighted by atomic mass is 16.1. The highest BCUT2D eigenvalue weighted by Gasteiger charge is 2.23. The number of ketones is 1. The van der Waals surface area contributed by atoms with Crippen LogP contribution in [0.5, 0.6) is 0 Å². The van der Waals surface area contributed by atoms with Crippen LogP contribution in [-0.4, -0.2) is 18.9 Å². The fourth-order valence-electron chi connectivity index (χ4n) is 2.69. The van der Waals surface area contributed by atoms with E-state index < -0.39 is 0 Å². The lowest BCUT2D eigenvalue weighted by Crippen LogP contribution is -2.32. The lowest BCUT2D eigenvalue weighted by atomic mass is 9.86. The molecule has 1 aromatic rings. The first-order valence-corrected chi connectivity index (χ1v) is 7.13. The highest BCUT2D eigenvalue weighted by molar-refractivity contribution is 5.99. The minimum atomic E-state index is 0.226. The summed E-state index contributed by atoms with van der Waals surface area (Å²) in [5, 5.41) is 3.32. The zero-order chi connectivity index (χ0) is 13.0. The van der Waals surface area contributed by atoms with E-state index in [9.17, 15) is 4.79 Å². The van der Waals surface area contributed by atoms with Crippen LogP contribution in [0, 0.1) is 5.92 Å². The number of rotatable bonds is 4. The van der Waals surface area contributed by atoms with Gasteiger partial charge < -0.3 is 5.32 Å². The Balaban J connectivity index is 2.26. The van der Waals surface area contributed by atoms with Gasteiger partial charge in [0.15, 0.2) is 5.78 Å². The molecule has 2 heteroatoms. The molecule has 0 amide bonds. The van der Waals surface area contributed by atoms with Crippen molar-refractivity contribution >= 4 is 5.78 Å². The zero-order valence-corrected chi connectivity index (χ0v) is 11.5. The minimum Gasteiger partial charge on any atom is -0.317 e. The molecule has 0 bridgehead atoms. The number of aryl methyl sites for hydroxylation is 2. The Morgan fingerprint density at radius 1 is 1.22 bits per heavy atom. The Morgan fingerprint density at radius 3 is 2.56 bits per heavy atom. The van der Waals surface area contributed by atoms with Crippen LogP contribution in [0.15, 0.2) is 18.2 Å². The Labute approximate surface area is 110 Å². The van der Waals surface area contributed by atoms with E-state index in [1.807, 2.05) is 0 Å². The van der Waals surface area contributed by atoms with E-state index in [2.05, 4.69) is 37.4 Å². The van der Waals surface area contributed by atoms with Crippen molar-refractivity contribution in [3.63, 3.8) is 0 Å². The summed E-state index contributed by atoms with van der Waals surface area (Å²) >= 11 is 0. The van der Waals surface area contributed by atoms with Crippen molar-refractivity contribution in [3.05, 3.63) is 34.9 Å². The number of nitrogens with one attached hydrogen (secondary N) is 1. The second-order valence-corrected chi connectivity index (χ2v) is 5.09. The monoisotopic (exact) mass is 245 g/mol. The first-order chi connectivity index (χ1) is 8.76. The van der Waals surface area contributed by atoms with Crippen molar-refractivity contribution in [2.24, 2.45) is 5.92 Å². The van der Waals surface area contributed by atoms with Gasteiger partial charge in [-0.05, 0) is 56.0 Å². The van der Waals surface area contributed by atoms with Gasteiger partial charge in [0.2, 0.25) is 0 Å². The van der Waals surface area contributed by atoms with Gasteiger partial charge in [-0.25, -0.2) is 0 Å². The fourth-order valence-corrected chi connectivity index (χ4v) is 2.69. The van der Waals surface area contributed by atoms with Gasteiger partial charge in [0.05, 0.1) is 0 Å². The van der Waals surface area contributed by atoms with E-state index in [1.165, 1.54) is 11.1 Å². The van der Waals surface area contributed by atoms with Gasteiger partial charge in [0.25, 0.3) is 0 Å². The topological polar surface area (TPSA) is 29.1 Å². The molecule has 0 aliphatic carbocycles. The molecule has 1 saturated heterocycles. The molecular formula is C16H23NO. The molecule has 0 atom stereocenters.